The predicted octanol–water partition coefficient (Wildman–Crippen LogP) is 3.45. The second-order valence-electron chi connectivity index (χ2n) is 4.44. The van der Waals surface area contributed by atoms with Crippen molar-refractivity contribution in [2.75, 3.05) is 12.9 Å². The molecule has 2 unspecified atom stereocenters. The number of carbonyl (C=O) groups excluding carboxylic acids is 1. The molecule has 0 saturated heterocycles. The van der Waals surface area contributed by atoms with Crippen LogP contribution in [0, 0.1) is 5.92 Å². The summed E-state index contributed by atoms with van der Waals surface area (Å²) in [5, 5.41) is -0.0973. The summed E-state index contributed by atoms with van der Waals surface area (Å²) < 4.78 is 17.3. The number of thioether (sulfide) groups is 1. The van der Waals surface area contributed by atoms with Gasteiger partial charge in [0.1, 0.15) is 5.25 Å². The van der Waals surface area contributed by atoms with Gasteiger partial charge in [-0.25, -0.2) is 4.39 Å². The largest absolute Gasteiger partial charge is 0.468 e. The fourth-order valence-corrected chi connectivity index (χ4v) is 2.75. The number of hydrogen-bond donors (Lipinski definition) is 0. The third-order valence-electron chi connectivity index (χ3n) is 2.21. The summed E-state index contributed by atoms with van der Waals surface area (Å²) in [5.41, 5.74) is 0. The molecular weight excluding hydrogens is 227 g/mol. The van der Waals surface area contributed by atoms with Crippen LogP contribution in [0.15, 0.2) is 0 Å². The minimum atomic E-state index is -0.748. The summed E-state index contributed by atoms with van der Waals surface area (Å²) in [4.78, 5) is 11.5. The van der Waals surface area contributed by atoms with Crippen molar-refractivity contribution in [3.05, 3.63) is 0 Å². The lowest BCUT2D eigenvalue weighted by Gasteiger charge is -2.16. The summed E-state index contributed by atoms with van der Waals surface area (Å²) in [6.45, 7) is 5.73. The lowest BCUT2D eigenvalue weighted by Crippen LogP contribution is -2.21. The van der Waals surface area contributed by atoms with Gasteiger partial charge in [0.15, 0.2) is 0 Å². The number of ether oxygens (including phenoxy) is 1. The van der Waals surface area contributed by atoms with Crippen LogP contribution in [0.1, 0.15) is 40.0 Å². The summed E-state index contributed by atoms with van der Waals surface area (Å²) >= 11 is 1.58. The van der Waals surface area contributed by atoms with Gasteiger partial charge in [0, 0.05) is 0 Å². The molecule has 0 spiro atoms. The molecule has 0 bridgehead atoms. The molecule has 0 aliphatic rings. The Morgan fingerprint density at radius 3 is 2.44 bits per heavy atom. The van der Waals surface area contributed by atoms with E-state index >= 15 is 0 Å². The summed E-state index contributed by atoms with van der Waals surface area (Å²) in [6, 6.07) is 0. The molecule has 96 valence electrons. The first-order valence-electron chi connectivity index (χ1n) is 5.80. The maximum absolute atomic E-state index is 12.6. The molecule has 0 amide bonds. The Hall–Kier alpha value is -0.250. The zero-order chi connectivity index (χ0) is 12.6. The van der Waals surface area contributed by atoms with E-state index in [9.17, 15) is 9.18 Å². The van der Waals surface area contributed by atoms with Gasteiger partial charge in [0.2, 0.25) is 0 Å². The molecule has 0 aliphatic carbocycles. The molecule has 0 aromatic heterocycles. The summed E-state index contributed by atoms with van der Waals surface area (Å²) in [7, 11) is 1.42. The van der Waals surface area contributed by atoms with Crippen molar-refractivity contribution in [1.82, 2.24) is 0 Å². The van der Waals surface area contributed by atoms with Gasteiger partial charge in [-0.05, 0) is 37.9 Å². The molecule has 2 nitrogen and oxygen atoms in total. The number of carbonyl (C=O) groups is 1. The first-order valence-corrected chi connectivity index (χ1v) is 6.85. The van der Waals surface area contributed by atoms with Crippen LogP contribution in [0.4, 0.5) is 4.39 Å². The lowest BCUT2D eigenvalue weighted by atomic mass is 10.1. The van der Waals surface area contributed by atoms with Gasteiger partial charge in [-0.2, -0.15) is 0 Å². The van der Waals surface area contributed by atoms with Gasteiger partial charge in [0.05, 0.1) is 13.3 Å². The Morgan fingerprint density at radius 2 is 2.00 bits per heavy atom. The number of rotatable bonds is 8. The molecule has 0 radical (unpaired) electrons. The van der Waals surface area contributed by atoms with Crippen molar-refractivity contribution in [3.63, 3.8) is 0 Å². The average molecular weight is 250 g/mol. The van der Waals surface area contributed by atoms with Crippen LogP contribution in [0.3, 0.4) is 0 Å². The fourth-order valence-electron chi connectivity index (χ4n) is 1.38. The van der Waals surface area contributed by atoms with Crippen LogP contribution in [0.5, 0.6) is 0 Å². The molecule has 4 heteroatoms. The molecule has 0 heterocycles. The number of hydrogen-bond acceptors (Lipinski definition) is 3. The topological polar surface area (TPSA) is 26.3 Å². The van der Waals surface area contributed by atoms with Gasteiger partial charge in [-0.3, -0.25) is 4.79 Å². The van der Waals surface area contributed by atoms with E-state index in [4.69, 9.17) is 4.74 Å². The van der Waals surface area contributed by atoms with E-state index in [1.165, 1.54) is 7.11 Å². The molecule has 0 aliphatic heterocycles. The van der Waals surface area contributed by atoms with Crippen LogP contribution >= 0.6 is 11.8 Å². The van der Waals surface area contributed by atoms with E-state index in [-0.39, 0.29) is 11.2 Å². The van der Waals surface area contributed by atoms with Gasteiger partial charge in [-0.1, -0.05) is 13.8 Å². The summed E-state index contributed by atoms with van der Waals surface area (Å²) in [6.07, 6.45) is 1.46. The Kier molecular flexibility index (Phi) is 8.71. The van der Waals surface area contributed by atoms with Gasteiger partial charge in [-0.15, -0.1) is 11.8 Å². The van der Waals surface area contributed by atoms with Crippen molar-refractivity contribution >= 4 is 17.7 Å². The molecule has 0 saturated carbocycles. The Labute approximate surface area is 102 Å². The Balaban J connectivity index is 3.88. The van der Waals surface area contributed by atoms with E-state index in [0.29, 0.717) is 12.3 Å². The van der Waals surface area contributed by atoms with Gasteiger partial charge < -0.3 is 4.74 Å². The van der Waals surface area contributed by atoms with Crippen molar-refractivity contribution in [3.8, 4) is 0 Å². The zero-order valence-corrected chi connectivity index (χ0v) is 11.5. The smallest absolute Gasteiger partial charge is 0.318 e. The standard InChI is InChI=1S/C12H23FO2S/c1-9(2)8-11(12(14)15-4)16-7-5-6-10(3)13/h9-11H,5-8H2,1-4H3. The quantitative estimate of drug-likeness (QED) is 0.487. The second-order valence-corrected chi connectivity index (χ2v) is 5.75. The normalized spacial score (nSPS) is 14.9. The highest BCUT2D eigenvalue weighted by molar-refractivity contribution is 8.00. The lowest BCUT2D eigenvalue weighted by molar-refractivity contribution is -0.140. The van der Waals surface area contributed by atoms with Gasteiger partial charge in [0.25, 0.3) is 0 Å². The first-order chi connectivity index (χ1) is 7.47. The van der Waals surface area contributed by atoms with Crippen LogP contribution < -0.4 is 0 Å². The van der Waals surface area contributed by atoms with Crippen molar-refractivity contribution in [2.24, 2.45) is 5.92 Å². The Bertz CT molecular complexity index is 195. The van der Waals surface area contributed by atoms with E-state index in [1.807, 2.05) is 0 Å². The Morgan fingerprint density at radius 1 is 1.38 bits per heavy atom. The molecule has 0 rings (SSSR count). The number of halogens is 1. The highest BCUT2D eigenvalue weighted by Crippen LogP contribution is 2.22. The molecule has 0 fully saturated rings. The fraction of sp³-hybridized carbons (Fsp3) is 0.917. The minimum absolute atomic E-state index is 0.0973. The highest BCUT2D eigenvalue weighted by atomic mass is 32.2. The maximum atomic E-state index is 12.6. The monoisotopic (exact) mass is 250 g/mol. The molecular formula is C12H23FO2S. The van der Waals surface area contributed by atoms with Crippen LogP contribution in [-0.4, -0.2) is 30.3 Å². The third-order valence-corrected chi connectivity index (χ3v) is 3.53. The van der Waals surface area contributed by atoms with E-state index < -0.39 is 6.17 Å². The molecule has 0 N–H and O–H groups in total. The van der Waals surface area contributed by atoms with Crippen LogP contribution in [-0.2, 0) is 9.53 Å². The van der Waals surface area contributed by atoms with E-state index in [0.717, 1.165) is 18.6 Å². The highest BCUT2D eigenvalue weighted by Gasteiger charge is 2.20. The number of methoxy groups -OCH3 is 1. The molecule has 0 aromatic carbocycles. The van der Waals surface area contributed by atoms with Crippen molar-refractivity contribution in [2.45, 2.75) is 51.5 Å². The van der Waals surface area contributed by atoms with Gasteiger partial charge >= 0.3 is 5.97 Å². The first kappa shape index (κ1) is 15.8. The molecule has 16 heavy (non-hydrogen) atoms. The SMILES string of the molecule is COC(=O)C(CC(C)C)SCCCC(C)F. The van der Waals surface area contributed by atoms with Crippen LogP contribution in [0.25, 0.3) is 0 Å². The average Bonchev–Trinajstić information content (AvgIpc) is 2.20. The maximum Gasteiger partial charge on any atom is 0.318 e. The second kappa shape index (κ2) is 8.85. The molecule has 2 atom stereocenters. The van der Waals surface area contributed by atoms with Crippen molar-refractivity contribution < 1.29 is 13.9 Å². The predicted molar refractivity (Wildman–Crippen MR) is 67.5 cm³/mol. The van der Waals surface area contributed by atoms with Crippen LogP contribution in [0.2, 0.25) is 0 Å². The van der Waals surface area contributed by atoms with Crippen molar-refractivity contribution in [1.29, 1.82) is 0 Å². The zero-order valence-electron chi connectivity index (χ0n) is 10.7. The number of alkyl halides is 1. The number of esters is 1. The molecule has 0 aromatic rings. The van der Waals surface area contributed by atoms with E-state index in [1.54, 1.807) is 18.7 Å². The third kappa shape index (κ3) is 7.97. The van der Waals surface area contributed by atoms with E-state index in [2.05, 4.69) is 13.8 Å². The minimum Gasteiger partial charge on any atom is -0.468 e. The summed E-state index contributed by atoms with van der Waals surface area (Å²) in [5.74, 6) is 1.13.